The highest BCUT2D eigenvalue weighted by Crippen LogP contribution is 2.23. The van der Waals surface area contributed by atoms with Crippen LogP contribution in [0, 0.1) is 5.41 Å². The molecule has 1 heterocycles. The molecule has 1 rings (SSSR count). The molecule has 0 unspecified atom stereocenters. The lowest BCUT2D eigenvalue weighted by molar-refractivity contribution is 0.0935. The zero-order chi connectivity index (χ0) is 12.9. The van der Waals surface area contributed by atoms with Gasteiger partial charge in [-0.3, -0.25) is 4.79 Å². The van der Waals surface area contributed by atoms with Gasteiger partial charge in [0.05, 0.1) is 9.35 Å². The van der Waals surface area contributed by atoms with Crippen molar-refractivity contribution in [3.8, 4) is 0 Å². The number of thiophene rings is 1. The molecule has 1 amide bonds. The predicted molar refractivity (Wildman–Crippen MR) is 81.2 cm³/mol. The van der Waals surface area contributed by atoms with Gasteiger partial charge in [-0.05, 0) is 40.3 Å². The van der Waals surface area contributed by atoms with E-state index in [1.54, 1.807) is 0 Å². The molecule has 0 saturated heterocycles. The minimum absolute atomic E-state index is 0.0128. The fraction of sp³-hybridized carbons (Fsp3) is 0.583. The minimum atomic E-state index is 0.0128. The molecular weight excluding hydrogens is 366 g/mol. The second-order valence-electron chi connectivity index (χ2n) is 4.78. The van der Waals surface area contributed by atoms with Crippen LogP contribution in [0.1, 0.15) is 37.0 Å². The molecular formula is C12H17Br2NOS. The van der Waals surface area contributed by atoms with Crippen LogP contribution < -0.4 is 5.32 Å². The Balaban J connectivity index is 2.42. The Morgan fingerprint density at radius 3 is 2.76 bits per heavy atom. The molecule has 2 nitrogen and oxygen atoms in total. The van der Waals surface area contributed by atoms with Gasteiger partial charge in [-0.2, -0.15) is 0 Å². The van der Waals surface area contributed by atoms with Gasteiger partial charge in [-0.25, -0.2) is 0 Å². The van der Waals surface area contributed by atoms with E-state index >= 15 is 0 Å². The Labute approximate surface area is 123 Å². The standard InChI is InChI=1S/C12H17Br2NOS/c1-12(2,4-3-5-13)8-15-11(16)9-6-10(14)17-7-9/h6-7H,3-5,8H2,1-2H3,(H,15,16). The maximum Gasteiger partial charge on any atom is 0.252 e. The SMILES string of the molecule is CC(C)(CCCBr)CNC(=O)c1csc(Br)c1. The van der Waals surface area contributed by atoms with Gasteiger partial charge in [0.25, 0.3) is 5.91 Å². The zero-order valence-electron chi connectivity index (χ0n) is 10.1. The number of carbonyl (C=O) groups excluding carboxylic acids is 1. The van der Waals surface area contributed by atoms with E-state index in [4.69, 9.17) is 0 Å². The van der Waals surface area contributed by atoms with E-state index in [1.165, 1.54) is 11.3 Å². The summed E-state index contributed by atoms with van der Waals surface area (Å²) in [5.74, 6) is 0.0128. The van der Waals surface area contributed by atoms with Gasteiger partial charge in [-0.1, -0.05) is 29.8 Å². The number of halogens is 2. The fourth-order valence-electron chi connectivity index (χ4n) is 1.48. The van der Waals surface area contributed by atoms with Crippen LogP contribution in [-0.4, -0.2) is 17.8 Å². The summed E-state index contributed by atoms with van der Waals surface area (Å²) in [6, 6.07) is 1.85. The van der Waals surface area contributed by atoms with Crippen molar-refractivity contribution in [2.24, 2.45) is 5.41 Å². The molecule has 1 N–H and O–H groups in total. The van der Waals surface area contributed by atoms with Crippen LogP contribution in [0.25, 0.3) is 0 Å². The summed E-state index contributed by atoms with van der Waals surface area (Å²) >= 11 is 8.32. The Morgan fingerprint density at radius 2 is 2.24 bits per heavy atom. The van der Waals surface area contributed by atoms with E-state index in [0.717, 1.165) is 27.5 Å². The van der Waals surface area contributed by atoms with E-state index in [9.17, 15) is 4.79 Å². The van der Waals surface area contributed by atoms with Crippen molar-refractivity contribution in [2.45, 2.75) is 26.7 Å². The third-order valence-electron chi connectivity index (χ3n) is 2.54. The first-order chi connectivity index (χ1) is 7.94. The largest absolute Gasteiger partial charge is 0.351 e. The Bertz CT molecular complexity index is 376. The van der Waals surface area contributed by atoms with Gasteiger partial charge in [0.1, 0.15) is 0 Å². The van der Waals surface area contributed by atoms with Crippen LogP contribution >= 0.6 is 43.2 Å². The molecule has 0 spiro atoms. The average Bonchev–Trinajstić information content (AvgIpc) is 2.70. The summed E-state index contributed by atoms with van der Waals surface area (Å²) in [6.07, 6.45) is 2.23. The number of nitrogens with one attached hydrogen (secondary N) is 1. The highest BCUT2D eigenvalue weighted by molar-refractivity contribution is 9.11. The number of rotatable bonds is 6. The van der Waals surface area contributed by atoms with Crippen molar-refractivity contribution >= 4 is 49.1 Å². The summed E-state index contributed by atoms with van der Waals surface area (Å²) in [4.78, 5) is 11.8. The van der Waals surface area contributed by atoms with E-state index in [0.29, 0.717) is 6.54 Å². The van der Waals surface area contributed by atoms with Crippen LogP contribution in [0.3, 0.4) is 0 Å². The first-order valence-electron chi connectivity index (χ1n) is 5.53. The summed E-state index contributed by atoms with van der Waals surface area (Å²) < 4.78 is 0.987. The lowest BCUT2D eigenvalue weighted by atomic mass is 9.88. The molecule has 0 saturated carbocycles. The predicted octanol–water partition coefficient (Wildman–Crippen LogP) is 4.44. The van der Waals surface area contributed by atoms with Crippen LogP contribution in [0.15, 0.2) is 15.2 Å². The monoisotopic (exact) mass is 381 g/mol. The van der Waals surface area contributed by atoms with Crippen molar-refractivity contribution in [3.63, 3.8) is 0 Å². The Hall–Kier alpha value is 0.130. The Morgan fingerprint density at radius 1 is 1.53 bits per heavy atom. The summed E-state index contributed by atoms with van der Waals surface area (Å²) in [5, 5.41) is 5.87. The second kappa shape index (κ2) is 6.90. The van der Waals surface area contributed by atoms with E-state index in [2.05, 4.69) is 51.0 Å². The Kier molecular flexibility index (Phi) is 6.17. The molecule has 5 heteroatoms. The third-order valence-corrected chi connectivity index (χ3v) is 4.61. The fourth-order valence-corrected chi connectivity index (χ4v) is 2.90. The quantitative estimate of drug-likeness (QED) is 0.724. The normalized spacial score (nSPS) is 11.5. The average molecular weight is 383 g/mol. The summed E-state index contributed by atoms with van der Waals surface area (Å²) in [7, 11) is 0. The van der Waals surface area contributed by atoms with Crippen molar-refractivity contribution in [2.75, 3.05) is 11.9 Å². The van der Waals surface area contributed by atoms with Gasteiger partial charge in [-0.15, -0.1) is 11.3 Å². The van der Waals surface area contributed by atoms with E-state index in [-0.39, 0.29) is 11.3 Å². The molecule has 96 valence electrons. The molecule has 0 aromatic carbocycles. The van der Waals surface area contributed by atoms with Crippen molar-refractivity contribution in [3.05, 3.63) is 20.8 Å². The summed E-state index contributed by atoms with van der Waals surface area (Å²) in [5.41, 5.74) is 0.884. The second-order valence-corrected chi connectivity index (χ2v) is 7.86. The summed E-state index contributed by atoms with van der Waals surface area (Å²) in [6.45, 7) is 5.07. The topological polar surface area (TPSA) is 29.1 Å². The molecule has 0 aliphatic carbocycles. The first-order valence-corrected chi connectivity index (χ1v) is 8.32. The van der Waals surface area contributed by atoms with Gasteiger partial charge < -0.3 is 5.32 Å². The molecule has 1 aromatic heterocycles. The van der Waals surface area contributed by atoms with Gasteiger partial charge in [0.2, 0.25) is 0 Å². The molecule has 0 fully saturated rings. The molecule has 1 aromatic rings. The smallest absolute Gasteiger partial charge is 0.252 e. The molecule has 0 radical (unpaired) electrons. The maximum absolute atomic E-state index is 11.8. The van der Waals surface area contributed by atoms with Crippen LogP contribution in [0.2, 0.25) is 0 Å². The van der Waals surface area contributed by atoms with E-state index < -0.39 is 0 Å². The highest BCUT2D eigenvalue weighted by atomic mass is 79.9. The third kappa shape index (κ3) is 5.53. The lowest BCUT2D eigenvalue weighted by Gasteiger charge is -2.24. The molecule has 0 aliphatic rings. The number of alkyl halides is 1. The molecule has 17 heavy (non-hydrogen) atoms. The van der Waals surface area contributed by atoms with Gasteiger partial charge in [0, 0.05) is 17.3 Å². The molecule has 0 atom stereocenters. The molecule has 0 aliphatic heterocycles. The van der Waals surface area contributed by atoms with Crippen LogP contribution in [0.5, 0.6) is 0 Å². The lowest BCUT2D eigenvalue weighted by Crippen LogP contribution is -2.33. The number of amides is 1. The van der Waals surface area contributed by atoms with E-state index in [1.807, 2.05) is 11.4 Å². The number of hydrogen-bond acceptors (Lipinski definition) is 2. The van der Waals surface area contributed by atoms with Crippen LogP contribution in [-0.2, 0) is 0 Å². The van der Waals surface area contributed by atoms with Crippen molar-refractivity contribution in [1.82, 2.24) is 5.32 Å². The van der Waals surface area contributed by atoms with Crippen molar-refractivity contribution in [1.29, 1.82) is 0 Å². The number of hydrogen-bond donors (Lipinski definition) is 1. The molecule has 0 bridgehead atoms. The number of carbonyl (C=O) groups is 1. The first kappa shape index (κ1) is 15.2. The van der Waals surface area contributed by atoms with Crippen molar-refractivity contribution < 1.29 is 4.79 Å². The highest BCUT2D eigenvalue weighted by Gasteiger charge is 2.18. The van der Waals surface area contributed by atoms with Crippen LogP contribution in [0.4, 0.5) is 0 Å². The van der Waals surface area contributed by atoms with Gasteiger partial charge in [0.15, 0.2) is 0 Å². The zero-order valence-corrected chi connectivity index (χ0v) is 14.0. The minimum Gasteiger partial charge on any atom is -0.351 e. The maximum atomic E-state index is 11.8. The van der Waals surface area contributed by atoms with Gasteiger partial charge >= 0.3 is 0 Å².